The van der Waals surface area contributed by atoms with Crippen LogP contribution in [0.3, 0.4) is 0 Å². The van der Waals surface area contributed by atoms with Crippen LogP contribution in [-0.2, 0) is 6.54 Å². The molecule has 3 rings (SSSR count). The van der Waals surface area contributed by atoms with E-state index in [1.54, 1.807) is 12.1 Å². The molecule has 3 N–H and O–H groups in total. The van der Waals surface area contributed by atoms with Gasteiger partial charge in [0.25, 0.3) is 5.91 Å². The molecule has 2 aromatic rings. The summed E-state index contributed by atoms with van der Waals surface area (Å²) in [5.74, 6) is 4.22. The van der Waals surface area contributed by atoms with Crippen molar-refractivity contribution in [2.45, 2.75) is 26.4 Å². The molecule has 0 bridgehead atoms. The second-order valence-electron chi connectivity index (χ2n) is 7.17. The van der Waals surface area contributed by atoms with E-state index in [0.717, 1.165) is 42.3 Å². The highest BCUT2D eigenvalue weighted by atomic mass is 35.5. The number of carbonyl (C=O) groups is 1. The SMILES string of the molecule is CCN1CCN(Cc2ccc(C(=O)NN)cc2F)C(c2ccc(C)c(Cl)c2)C1. The molecule has 2 aromatic carbocycles. The summed E-state index contributed by atoms with van der Waals surface area (Å²) in [6.45, 7) is 8.19. The van der Waals surface area contributed by atoms with Crippen LogP contribution in [0.15, 0.2) is 36.4 Å². The van der Waals surface area contributed by atoms with Crippen molar-refractivity contribution in [1.82, 2.24) is 15.2 Å². The molecule has 1 amide bonds. The Balaban J connectivity index is 1.86. The Kier molecular flexibility index (Phi) is 6.67. The molecule has 1 heterocycles. The molecule has 1 saturated heterocycles. The van der Waals surface area contributed by atoms with Crippen LogP contribution in [0.1, 0.15) is 40.0 Å². The lowest BCUT2D eigenvalue weighted by molar-refractivity contribution is 0.0703. The monoisotopic (exact) mass is 404 g/mol. The lowest BCUT2D eigenvalue weighted by Gasteiger charge is -2.41. The van der Waals surface area contributed by atoms with Crippen molar-refractivity contribution >= 4 is 17.5 Å². The summed E-state index contributed by atoms with van der Waals surface area (Å²) >= 11 is 6.36. The van der Waals surface area contributed by atoms with Gasteiger partial charge < -0.3 is 4.90 Å². The van der Waals surface area contributed by atoms with Crippen LogP contribution in [0, 0.1) is 12.7 Å². The molecule has 1 fully saturated rings. The molecule has 0 radical (unpaired) electrons. The van der Waals surface area contributed by atoms with Crippen LogP contribution >= 0.6 is 11.6 Å². The number of nitrogens with zero attached hydrogens (tertiary/aromatic N) is 2. The maximum atomic E-state index is 14.6. The Bertz CT molecular complexity index is 860. The molecule has 0 saturated carbocycles. The molecule has 0 aliphatic carbocycles. The van der Waals surface area contributed by atoms with Gasteiger partial charge in [0.2, 0.25) is 0 Å². The van der Waals surface area contributed by atoms with Gasteiger partial charge in [-0.15, -0.1) is 0 Å². The number of nitrogen functional groups attached to an aromatic ring is 1. The van der Waals surface area contributed by atoms with Gasteiger partial charge in [0.15, 0.2) is 0 Å². The zero-order chi connectivity index (χ0) is 20.3. The summed E-state index contributed by atoms with van der Waals surface area (Å²) in [4.78, 5) is 16.3. The Morgan fingerprint density at radius 3 is 2.71 bits per heavy atom. The lowest BCUT2D eigenvalue weighted by Crippen LogP contribution is -2.47. The predicted octanol–water partition coefficient (Wildman–Crippen LogP) is 3.27. The van der Waals surface area contributed by atoms with Crippen LogP contribution in [-0.4, -0.2) is 41.9 Å². The molecule has 1 unspecified atom stereocenters. The Labute approximate surface area is 170 Å². The number of hydrazine groups is 1. The topological polar surface area (TPSA) is 61.6 Å². The number of hydrogen-bond acceptors (Lipinski definition) is 4. The highest BCUT2D eigenvalue weighted by molar-refractivity contribution is 6.31. The van der Waals surface area contributed by atoms with E-state index in [0.29, 0.717) is 12.1 Å². The second kappa shape index (κ2) is 9.01. The first kappa shape index (κ1) is 20.7. The number of nitrogens with one attached hydrogen (secondary N) is 1. The number of nitrogens with two attached hydrogens (primary N) is 1. The van der Waals surface area contributed by atoms with E-state index >= 15 is 0 Å². The van der Waals surface area contributed by atoms with Crippen LogP contribution in [0.4, 0.5) is 4.39 Å². The number of hydrogen-bond donors (Lipinski definition) is 2. The summed E-state index contributed by atoms with van der Waals surface area (Å²) in [6.07, 6.45) is 0. The number of amides is 1. The van der Waals surface area contributed by atoms with Gasteiger partial charge in [0, 0.05) is 48.4 Å². The first-order chi connectivity index (χ1) is 13.4. The highest BCUT2D eigenvalue weighted by Gasteiger charge is 2.28. The molecule has 5 nitrogen and oxygen atoms in total. The molecule has 28 heavy (non-hydrogen) atoms. The van der Waals surface area contributed by atoms with Crippen LogP contribution in [0.2, 0.25) is 5.02 Å². The molecule has 1 atom stereocenters. The number of benzene rings is 2. The molecule has 0 spiro atoms. The minimum Gasteiger partial charge on any atom is -0.300 e. The van der Waals surface area contributed by atoms with Crippen molar-refractivity contribution in [3.63, 3.8) is 0 Å². The molecule has 1 aliphatic heterocycles. The Morgan fingerprint density at radius 2 is 2.07 bits per heavy atom. The fourth-order valence-corrected chi connectivity index (χ4v) is 3.79. The lowest BCUT2D eigenvalue weighted by atomic mass is 9.99. The van der Waals surface area contributed by atoms with Gasteiger partial charge in [-0.05, 0) is 42.8 Å². The standard InChI is InChI=1S/C21H26ClFN4O/c1-3-26-8-9-27(20(13-26)15-5-4-14(2)18(22)10-15)12-17-7-6-16(11-19(17)23)21(28)25-24/h4-7,10-11,20H,3,8-9,12-13,24H2,1-2H3,(H,25,28). The van der Waals surface area contributed by atoms with Crippen LogP contribution in [0.25, 0.3) is 0 Å². The number of halogens is 2. The van der Waals surface area contributed by atoms with E-state index in [9.17, 15) is 9.18 Å². The minimum absolute atomic E-state index is 0.123. The minimum atomic E-state index is -0.505. The van der Waals surface area contributed by atoms with E-state index < -0.39 is 11.7 Å². The molecule has 150 valence electrons. The summed E-state index contributed by atoms with van der Waals surface area (Å²) in [5.41, 5.74) is 4.97. The Hall–Kier alpha value is -1.99. The summed E-state index contributed by atoms with van der Waals surface area (Å²) < 4.78 is 14.6. The van der Waals surface area contributed by atoms with Gasteiger partial charge in [-0.1, -0.05) is 36.7 Å². The largest absolute Gasteiger partial charge is 0.300 e. The first-order valence-corrected chi connectivity index (χ1v) is 9.82. The van der Waals surface area contributed by atoms with Gasteiger partial charge in [0.1, 0.15) is 5.82 Å². The van der Waals surface area contributed by atoms with Gasteiger partial charge in [-0.3, -0.25) is 15.1 Å². The Morgan fingerprint density at radius 1 is 1.29 bits per heavy atom. The van der Waals surface area contributed by atoms with Gasteiger partial charge in [-0.25, -0.2) is 10.2 Å². The highest BCUT2D eigenvalue weighted by Crippen LogP contribution is 2.30. The normalized spacial score (nSPS) is 18.2. The average Bonchev–Trinajstić information content (AvgIpc) is 2.71. The molecule has 1 aliphatic rings. The molecular formula is C21H26ClFN4O. The van der Waals surface area contributed by atoms with Crippen molar-refractivity contribution in [2.75, 3.05) is 26.2 Å². The van der Waals surface area contributed by atoms with Gasteiger partial charge in [-0.2, -0.15) is 0 Å². The van der Waals surface area contributed by atoms with Gasteiger partial charge >= 0.3 is 0 Å². The third-order valence-electron chi connectivity index (χ3n) is 5.42. The van der Waals surface area contributed by atoms with Crippen LogP contribution in [0.5, 0.6) is 0 Å². The predicted molar refractivity (Wildman–Crippen MR) is 110 cm³/mol. The van der Waals surface area contributed by atoms with E-state index in [-0.39, 0.29) is 11.6 Å². The summed E-state index contributed by atoms with van der Waals surface area (Å²) in [5, 5.41) is 0.745. The number of likely N-dealkylation sites (N-methyl/N-ethyl adjacent to an activating group) is 1. The fourth-order valence-electron chi connectivity index (χ4n) is 3.61. The second-order valence-corrected chi connectivity index (χ2v) is 7.57. The zero-order valence-electron chi connectivity index (χ0n) is 16.2. The van der Waals surface area contributed by atoms with Gasteiger partial charge in [0.05, 0.1) is 0 Å². The van der Waals surface area contributed by atoms with Crippen molar-refractivity contribution < 1.29 is 9.18 Å². The van der Waals surface area contributed by atoms with E-state index in [2.05, 4.69) is 22.8 Å². The maximum Gasteiger partial charge on any atom is 0.265 e. The number of rotatable bonds is 5. The molecule has 0 aromatic heterocycles. The number of aryl methyl sites for hydroxylation is 1. The number of piperazine rings is 1. The van der Waals surface area contributed by atoms with Crippen molar-refractivity contribution in [1.29, 1.82) is 0 Å². The average molecular weight is 405 g/mol. The van der Waals surface area contributed by atoms with Crippen molar-refractivity contribution in [3.05, 3.63) is 69.5 Å². The summed E-state index contributed by atoms with van der Waals surface area (Å²) in [6, 6.07) is 10.8. The third kappa shape index (κ3) is 4.52. The fraction of sp³-hybridized carbons (Fsp3) is 0.381. The van der Waals surface area contributed by atoms with Crippen LogP contribution < -0.4 is 11.3 Å². The van der Waals surface area contributed by atoms with E-state index in [1.165, 1.54) is 6.07 Å². The smallest absolute Gasteiger partial charge is 0.265 e. The molecular weight excluding hydrogens is 379 g/mol. The third-order valence-corrected chi connectivity index (χ3v) is 5.83. The maximum absolute atomic E-state index is 14.6. The van der Waals surface area contributed by atoms with E-state index in [1.807, 2.05) is 24.5 Å². The van der Waals surface area contributed by atoms with Crippen molar-refractivity contribution in [2.24, 2.45) is 5.84 Å². The first-order valence-electron chi connectivity index (χ1n) is 9.44. The quantitative estimate of drug-likeness (QED) is 0.456. The summed E-state index contributed by atoms with van der Waals surface area (Å²) in [7, 11) is 0. The number of carbonyl (C=O) groups excluding carboxylic acids is 1. The van der Waals surface area contributed by atoms with Crippen molar-refractivity contribution in [3.8, 4) is 0 Å². The molecule has 7 heteroatoms. The zero-order valence-corrected chi connectivity index (χ0v) is 17.0. The van der Waals surface area contributed by atoms with E-state index in [4.69, 9.17) is 17.4 Å².